The van der Waals surface area contributed by atoms with Crippen LogP contribution < -0.4 is 15.0 Å². The predicted octanol–water partition coefficient (Wildman–Crippen LogP) is 5.37. The van der Waals surface area contributed by atoms with Gasteiger partial charge in [0.2, 0.25) is 0 Å². The molecule has 0 spiro atoms. The quantitative estimate of drug-likeness (QED) is 0.608. The van der Waals surface area contributed by atoms with Crippen LogP contribution >= 0.6 is 11.8 Å². The summed E-state index contributed by atoms with van der Waals surface area (Å²) in [4.78, 5) is 15.8. The molecule has 0 aliphatic carbocycles. The van der Waals surface area contributed by atoms with Gasteiger partial charge in [0.15, 0.2) is 0 Å². The Balaban J connectivity index is 1.78. The molecule has 3 aromatic carbocycles. The van der Waals surface area contributed by atoms with Crippen LogP contribution in [0.25, 0.3) is 0 Å². The number of carbonyl (C=O) groups is 1. The number of fused-ring (bicyclic) bond motifs is 2. The lowest BCUT2D eigenvalue weighted by Crippen LogP contribution is -2.28. The minimum atomic E-state index is -0.935. The molecule has 4 rings (SSSR count). The van der Waals surface area contributed by atoms with Gasteiger partial charge in [0.1, 0.15) is 5.75 Å². The summed E-state index contributed by atoms with van der Waals surface area (Å²) >= 11 is 1.56. The Morgan fingerprint density at radius 1 is 1.11 bits per heavy atom. The number of nitrogens with zero attached hydrogens (tertiary/aromatic N) is 1. The molecule has 0 saturated carbocycles. The van der Waals surface area contributed by atoms with Crippen molar-refractivity contribution >= 4 is 34.8 Å². The van der Waals surface area contributed by atoms with Crippen LogP contribution in [-0.4, -0.2) is 24.9 Å². The average Bonchev–Trinajstić information content (AvgIpc) is 2.70. The molecule has 0 aromatic heterocycles. The van der Waals surface area contributed by atoms with E-state index in [0.29, 0.717) is 12.4 Å². The molecule has 5 nitrogen and oxygen atoms in total. The van der Waals surface area contributed by atoms with Crippen molar-refractivity contribution in [3.63, 3.8) is 0 Å². The number of carboxylic acid groups (broad SMARTS) is 1. The first-order valence-electron chi connectivity index (χ1n) is 8.87. The first-order chi connectivity index (χ1) is 13.6. The standard InChI is InChI=1S/C22H20N2O3S/c1-14-5-3-6-15(11-14)23-13-24-18-10-9-16(27-2)12-20(18)28-19-8-4-7-17(21(19)24)22(25)26/h3-12,23H,13H2,1-2H3,(H,25,26). The van der Waals surface area contributed by atoms with Crippen molar-refractivity contribution < 1.29 is 14.6 Å². The highest BCUT2D eigenvalue weighted by Crippen LogP contribution is 2.50. The zero-order valence-corrected chi connectivity index (χ0v) is 16.4. The molecule has 0 bridgehead atoms. The van der Waals surface area contributed by atoms with Crippen molar-refractivity contribution in [1.82, 2.24) is 0 Å². The van der Waals surface area contributed by atoms with E-state index in [-0.39, 0.29) is 5.56 Å². The number of hydrogen-bond acceptors (Lipinski definition) is 5. The first kappa shape index (κ1) is 18.3. The number of rotatable bonds is 5. The van der Waals surface area contributed by atoms with E-state index in [0.717, 1.165) is 32.5 Å². The molecule has 142 valence electrons. The molecule has 6 heteroatoms. The zero-order valence-electron chi connectivity index (χ0n) is 15.6. The molecule has 0 saturated heterocycles. The molecule has 0 atom stereocenters. The summed E-state index contributed by atoms with van der Waals surface area (Å²) in [7, 11) is 1.64. The fourth-order valence-corrected chi connectivity index (χ4v) is 4.47. The van der Waals surface area contributed by atoms with E-state index in [4.69, 9.17) is 4.74 Å². The number of methoxy groups -OCH3 is 1. The largest absolute Gasteiger partial charge is 0.497 e. The maximum atomic E-state index is 11.9. The van der Waals surface area contributed by atoms with Gasteiger partial charge in [-0.2, -0.15) is 0 Å². The summed E-state index contributed by atoms with van der Waals surface area (Å²) in [6, 6.07) is 19.4. The van der Waals surface area contributed by atoms with Gasteiger partial charge in [0.05, 0.1) is 30.7 Å². The fraction of sp³-hybridized carbons (Fsp3) is 0.136. The van der Waals surface area contributed by atoms with Crippen LogP contribution in [0.2, 0.25) is 0 Å². The van der Waals surface area contributed by atoms with Crippen LogP contribution in [0.3, 0.4) is 0 Å². The van der Waals surface area contributed by atoms with E-state index in [1.807, 2.05) is 54.3 Å². The van der Waals surface area contributed by atoms with Gasteiger partial charge in [0, 0.05) is 15.5 Å². The third-order valence-electron chi connectivity index (χ3n) is 4.64. The maximum Gasteiger partial charge on any atom is 0.337 e. The van der Waals surface area contributed by atoms with Crippen LogP contribution in [0.1, 0.15) is 15.9 Å². The van der Waals surface area contributed by atoms with Crippen molar-refractivity contribution in [2.75, 3.05) is 24.0 Å². The second-order valence-electron chi connectivity index (χ2n) is 6.53. The smallest absolute Gasteiger partial charge is 0.337 e. The van der Waals surface area contributed by atoms with E-state index in [1.54, 1.807) is 31.0 Å². The number of anilines is 3. The second kappa shape index (κ2) is 7.48. The van der Waals surface area contributed by atoms with Crippen LogP contribution in [0.15, 0.2) is 70.5 Å². The van der Waals surface area contributed by atoms with Gasteiger partial charge >= 0.3 is 5.97 Å². The SMILES string of the molecule is COc1ccc2c(c1)Sc1cccc(C(=O)O)c1N2CNc1cccc(C)c1. The molecule has 1 aliphatic rings. The number of aryl methyl sites for hydroxylation is 1. The van der Waals surface area contributed by atoms with Crippen LogP contribution in [0.4, 0.5) is 17.1 Å². The molecular weight excluding hydrogens is 372 g/mol. The van der Waals surface area contributed by atoms with E-state index in [1.165, 1.54) is 0 Å². The maximum absolute atomic E-state index is 11.9. The number of hydrogen-bond donors (Lipinski definition) is 2. The van der Waals surface area contributed by atoms with E-state index >= 15 is 0 Å². The van der Waals surface area contributed by atoms with Crippen LogP contribution in [-0.2, 0) is 0 Å². The summed E-state index contributed by atoms with van der Waals surface area (Å²) in [5.41, 5.74) is 4.10. The molecule has 1 aliphatic heterocycles. The molecule has 0 fully saturated rings. The van der Waals surface area contributed by atoms with Crippen molar-refractivity contribution in [1.29, 1.82) is 0 Å². The molecular formula is C22H20N2O3S. The summed E-state index contributed by atoms with van der Waals surface area (Å²) in [6.45, 7) is 2.49. The monoisotopic (exact) mass is 392 g/mol. The highest BCUT2D eigenvalue weighted by atomic mass is 32.2. The van der Waals surface area contributed by atoms with Crippen LogP contribution in [0.5, 0.6) is 5.75 Å². The second-order valence-corrected chi connectivity index (χ2v) is 7.61. The van der Waals surface area contributed by atoms with Crippen LogP contribution in [0, 0.1) is 6.92 Å². The zero-order chi connectivity index (χ0) is 19.7. The Hall–Kier alpha value is -3.12. The predicted molar refractivity (Wildman–Crippen MR) is 112 cm³/mol. The van der Waals surface area contributed by atoms with Gasteiger partial charge < -0.3 is 20.1 Å². The van der Waals surface area contributed by atoms with Crippen molar-refractivity contribution in [2.45, 2.75) is 16.7 Å². The van der Waals surface area contributed by atoms with Crippen molar-refractivity contribution in [3.8, 4) is 5.75 Å². The summed E-state index contributed by atoms with van der Waals surface area (Å²) < 4.78 is 5.37. The number of nitrogens with one attached hydrogen (secondary N) is 1. The number of benzene rings is 3. The Morgan fingerprint density at radius 2 is 1.93 bits per heavy atom. The fourth-order valence-electron chi connectivity index (χ4n) is 3.31. The normalized spacial score (nSPS) is 12.1. The molecule has 0 radical (unpaired) electrons. The molecule has 2 N–H and O–H groups in total. The van der Waals surface area contributed by atoms with Gasteiger partial charge in [-0.3, -0.25) is 0 Å². The molecule has 1 heterocycles. The Labute approximate surface area is 168 Å². The minimum Gasteiger partial charge on any atom is -0.497 e. The number of carboxylic acids is 1. The number of ether oxygens (including phenoxy) is 1. The summed E-state index contributed by atoms with van der Waals surface area (Å²) in [5, 5.41) is 13.2. The Kier molecular flexibility index (Phi) is 4.88. The summed E-state index contributed by atoms with van der Waals surface area (Å²) in [5.74, 6) is -0.161. The molecule has 0 unspecified atom stereocenters. The van der Waals surface area contributed by atoms with Gasteiger partial charge in [0.25, 0.3) is 0 Å². The topological polar surface area (TPSA) is 61.8 Å². The summed E-state index contributed by atoms with van der Waals surface area (Å²) in [6.07, 6.45) is 0. The number of para-hydroxylation sites is 1. The van der Waals surface area contributed by atoms with E-state index < -0.39 is 5.97 Å². The average molecular weight is 392 g/mol. The highest BCUT2D eigenvalue weighted by molar-refractivity contribution is 7.99. The van der Waals surface area contributed by atoms with E-state index in [2.05, 4.69) is 11.4 Å². The number of aromatic carboxylic acids is 1. The third kappa shape index (κ3) is 3.39. The van der Waals surface area contributed by atoms with Crippen molar-refractivity contribution in [3.05, 3.63) is 71.8 Å². The van der Waals surface area contributed by atoms with Gasteiger partial charge in [-0.15, -0.1) is 0 Å². The van der Waals surface area contributed by atoms with E-state index in [9.17, 15) is 9.90 Å². The first-order valence-corrected chi connectivity index (χ1v) is 9.69. The lowest BCUT2D eigenvalue weighted by molar-refractivity contribution is 0.0697. The lowest BCUT2D eigenvalue weighted by atomic mass is 10.1. The van der Waals surface area contributed by atoms with Gasteiger partial charge in [-0.05, 0) is 55.0 Å². The highest BCUT2D eigenvalue weighted by Gasteiger charge is 2.28. The molecule has 28 heavy (non-hydrogen) atoms. The Bertz CT molecular complexity index is 1050. The molecule has 0 amide bonds. The molecule has 3 aromatic rings. The van der Waals surface area contributed by atoms with Crippen molar-refractivity contribution in [2.24, 2.45) is 0 Å². The van der Waals surface area contributed by atoms with Gasteiger partial charge in [-0.1, -0.05) is 30.0 Å². The minimum absolute atomic E-state index is 0.289. The van der Waals surface area contributed by atoms with Gasteiger partial charge in [-0.25, -0.2) is 4.79 Å². The Morgan fingerprint density at radius 3 is 2.68 bits per heavy atom. The third-order valence-corrected chi connectivity index (χ3v) is 5.73. The lowest BCUT2D eigenvalue weighted by Gasteiger charge is -2.34.